The van der Waals surface area contributed by atoms with Gasteiger partial charge in [-0.25, -0.2) is 9.78 Å². The maximum atomic E-state index is 12.0. The van der Waals surface area contributed by atoms with E-state index >= 15 is 0 Å². The molecule has 0 spiro atoms. The van der Waals surface area contributed by atoms with E-state index in [2.05, 4.69) is 11.9 Å². The van der Waals surface area contributed by atoms with Gasteiger partial charge in [0, 0.05) is 0 Å². The number of unbranched alkanes of at least 4 members (excludes halogenated alkanes) is 3. The number of carbonyl (C=O) groups excluding carboxylic acids is 1. The third kappa shape index (κ3) is 3.82. The van der Waals surface area contributed by atoms with Crippen LogP contribution in [0.25, 0.3) is 22.2 Å². The largest absolute Gasteiger partial charge is 0.459 e. The smallest absolute Gasteiger partial charge is 0.394 e. The first-order valence-electron chi connectivity index (χ1n) is 8.41. The molecule has 0 atom stereocenters. The predicted octanol–water partition coefficient (Wildman–Crippen LogP) is 5.23. The zero-order valence-corrected chi connectivity index (χ0v) is 13.8. The topological polar surface area (TPSA) is 52.3 Å². The third-order valence-electron chi connectivity index (χ3n) is 3.90. The molecular formula is C20H21NO3. The lowest BCUT2D eigenvalue weighted by Crippen LogP contribution is -2.06. The summed E-state index contributed by atoms with van der Waals surface area (Å²) < 4.78 is 10.7. The van der Waals surface area contributed by atoms with Gasteiger partial charge in [0.25, 0.3) is 0 Å². The molecule has 3 rings (SSSR count). The van der Waals surface area contributed by atoms with E-state index in [1.807, 2.05) is 48.5 Å². The van der Waals surface area contributed by atoms with E-state index in [4.69, 9.17) is 9.15 Å². The molecular weight excluding hydrogens is 302 g/mol. The van der Waals surface area contributed by atoms with E-state index in [-0.39, 0.29) is 5.89 Å². The molecule has 0 N–H and O–H groups in total. The number of carbonyl (C=O) groups is 1. The Kier molecular flexibility index (Phi) is 5.26. The van der Waals surface area contributed by atoms with Gasteiger partial charge < -0.3 is 9.15 Å². The Labute approximate surface area is 141 Å². The van der Waals surface area contributed by atoms with Gasteiger partial charge in [0.15, 0.2) is 5.58 Å². The molecule has 0 saturated heterocycles. The van der Waals surface area contributed by atoms with Gasteiger partial charge in [-0.3, -0.25) is 0 Å². The summed E-state index contributed by atoms with van der Waals surface area (Å²) in [6, 6.07) is 15.7. The van der Waals surface area contributed by atoms with E-state index in [1.165, 1.54) is 0 Å². The number of benzene rings is 2. The molecule has 0 unspecified atom stereocenters. The highest BCUT2D eigenvalue weighted by atomic mass is 16.5. The Morgan fingerprint density at radius 3 is 2.67 bits per heavy atom. The molecule has 0 amide bonds. The average Bonchev–Trinajstić information content (AvgIpc) is 3.05. The minimum Gasteiger partial charge on any atom is -0.459 e. The van der Waals surface area contributed by atoms with Gasteiger partial charge in [0.1, 0.15) is 5.52 Å². The number of ether oxygens (including phenoxy) is 1. The van der Waals surface area contributed by atoms with Crippen LogP contribution in [0.1, 0.15) is 43.3 Å². The van der Waals surface area contributed by atoms with Crippen molar-refractivity contribution in [2.24, 2.45) is 0 Å². The lowest BCUT2D eigenvalue weighted by molar-refractivity contribution is 0.0455. The molecule has 0 bridgehead atoms. The van der Waals surface area contributed by atoms with Crippen LogP contribution in [0, 0.1) is 0 Å². The molecule has 0 aliphatic rings. The van der Waals surface area contributed by atoms with Crippen molar-refractivity contribution in [3.63, 3.8) is 0 Å². The lowest BCUT2D eigenvalue weighted by atomic mass is 10.1. The number of oxazole rings is 1. The first kappa shape index (κ1) is 16.2. The maximum Gasteiger partial charge on any atom is 0.394 e. The summed E-state index contributed by atoms with van der Waals surface area (Å²) in [6.07, 6.45) is 4.25. The van der Waals surface area contributed by atoms with E-state index in [1.54, 1.807) is 0 Å². The number of hydrogen-bond acceptors (Lipinski definition) is 4. The highest BCUT2D eigenvalue weighted by molar-refractivity contribution is 5.89. The van der Waals surface area contributed by atoms with Crippen LogP contribution in [0.4, 0.5) is 0 Å². The number of aromatic nitrogens is 1. The van der Waals surface area contributed by atoms with Crippen molar-refractivity contribution in [3.05, 3.63) is 54.4 Å². The monoisotopic (exact) mass is 323 g/mol. The summed E-state index contributed by atoms with van der Waals surface area (Å²) in [5.41, 5.74) is 3.39. The van der Waals surface area contributed by atoms with Crippen LogP contribution < -0.4 is 0 Å². The van der Waals surface area contributed by atoms with Gasteiger partial charge >= 0.3 is 11.9 Å². The van der Waals surface area contributed by atoms with Gasteiger partial charge in [-0.15, -0.1) is 0 Å². The number of rotatable bonds is 7. The van der Waals surface area contributed by atoms with Crippen LogP contribution in [-0.4, -0.2) is 17.6 Å². The van der Waals surface area contributed by atoms with Gasteiger partial charge in [-0.2, -0.15) is 0 Å². The second kappa shape index (κ2) is 7.77. The van der Waals surface area contributed by atoms with Gasteiger partial charge in [-0.05, 0) is 29.7 Å². The van der Waals surface area contributed by atoms with Gasteiger partial charge in [0.05, 0.1) is 6.61 Å². The van der Waals surface area contributed by atoms with Crippen molar-refractivity contribution in [3.8, 4) is 11.1 Å². The van der Waals surface area contributed by atoms with Crippen molar-refractivity contribution in [2.75, 3.05) is 6.61 Å². The second-order valence-electron chi connectivity index (χ2n) is 5.76. The molecule has 1 heterocycles. The fraction of sp³-hybridized carbons (Fsp3) is 0.300. The molecule has 0 radical (unpaired) electrons. The minimum absolute atomic E-state index is 0.0192. The summed E-state index contributed by atoms with van der Waals surface area (Å²) in [7, 11) is 0. The number of nitrogens with zero attached hydrogens (tertiary/aromatic N) is 1. The molecule has 3 aromatic rings. The van der Waals surface area contributed by atoms with Gasteiger partial charge in [0.2, 0.25) is 0 Å². The summed E-state index contributed by atoms with van der Waals surface area (Å²) in [5.74, 6) is -0.477. The Hall–Kier alpha value is -2.62. The second-order valence-corrected chi connectivity index (χ2v) is 5.76. The quantitative estimate of drug-likeness (QED) is 0.441. The summed E-state index contributed by atoms with van der Waals surface area (Å²) in [5, 5.41) is 0. The van der Waals surface area contributed by atoms with E-state index in [0.717, 1.165) is 36.8 Å². The van der Waals surface area contributed by atoms with E-state index in [9.17, 15) is 4.79 Å². The van der Waals surface area contributed by atoms with Crippen LogP contribution in [-0.2, 0) is 4.74 Å². The number of esters is 1. The molecule has 0 fully saturated rings. The SMILES string of the molecule is CCCCCCOC(=O)c1nc2cc(-c3ccccc3)ccc2o1. The Morgan fingerprint density at radius 2 is 1.88 bits per heavy atom. The highest BCUT2D eigenvalue weighted by Crippen LogP contribution is 2.24. The van der Waals surface area contributed by atoms with Crippen LogP contribution in [0.15, 0.2) is 52.9 Å². The van der Waals surface area contributed by atoms with Crippen molar-refractivity contribution in [2.45, 2.75) is 32.6 Å². The van der Waals surface area contributed by atoms with Crippen molar-refractivity contribution in [1.82, 2.24) is 4.98 Å². The zero-order valence-electron chi connectivity index (χ0n) is 13.8. The first-order valence-corrected chi connectivity index (χ1v) is 8.41. The summed E-state index contributed by atoms with van der Waals surface area (Å²) >= 11 is 0. The number of hydrogen-bond donors (Lipinski definition) is 0. The van der Waals surface area contributed by atoms with Crippen LogP contribution in [0.3, 0.4) is 0 Å². The van der Waals surface area contributed by atoms with Crippen LogP contribution in [0.2, 0.25) is 0 Å². The first-order chi connectivity index (χ1) is 11.8. The molecule has 4 nitrogen and oxygen atoms in total. The third-order valence-corrected chi connectivity index (χ3v) is 3.90. The van der Waals surface area contributed by atoms with Crippen molar-refractivity contribution < 1.29 is 13.9 Å². The molecule has 0 saturated carbocycles. The Balaban J connectivity index is 1.71. The molecule has 0 aliphatic carbocycles. The molecule has 0 aliphatic heterocycles. The van der Waals surface area contributed by atoms with E-state index in [0.29, 0.717) is 17.7 Å². The molecule has 2 aromatic carbocycles. The molecule has 4 heteroatoms. The van der Waals surface area contributed by atoms with E-state index < -0.39 is 5.97 Å². The van der Waals surface area contributed by atoms with Crippen molar-refractivity contribution in [1.29, 1.82) is 0 Å². The maximum absolute atomic E-state index is 12.0. The van der Waals surface area contributed by atoms with Crippen LogP contribution >= 0.6 is 0 Å². The zero-order chi connectivity index (χ0) is 16.8. The van der Waals surface area contributed by atoms with Gasteiger partial charge in [-0.1, -0.05) is 62.6 Å². The minimum atomic E-state index is -0.496. The molecule has 1 aromatic heterocycles. The highest BCUT2D eigenvalue weighted by Gasteiger charge is 2.16. The molecule has 24 heavy (non-hydrogen) atoms. The summed E-state index contributed by atoms with van der Waals surface area (Å²) in [6.45, 7) is 2.56. The molecule has 124 valence electrons. The fourth-order valence-electron chi connectivity index (χ4n) is 2.58. The van der Waals surface area contributed by atoms with Crippen molar-refractivity contribution >= 4 is 17.1 Å². The fourth-order valence-corrected chi connectivity index (χ4v) is 2.58. The predicted molar refractivity (Wildman–Crippen MR) is 93.9 cm³/mol. The number of fused-ring (bicyclic) bond motifs is 1. The standard InChI is InChI=1S/C20H21NO3/c1-2-3-4-8-13-23-20(22)19-21-17-14-16(11-12-18(17)24-19)15-9-6-5-7-10-15/h5-7,9-12,14H,2-4,8,13H2,1H3. The summed E-state index contributed by atoms with van der Waals surface area (Å²) in [4.78, 5) is 16.3. The Bertz CT molecular complexity index is 808. The van der Waals surface area contributed by atoms with Crippen LogP contribution in [0.5, 0.6) is 0 Å². The lowest BCUT2D eigenvalue weighted by Gasteiger charge is -2.00. The average molecular weight is 323 g/mol. The Morgan fingerprint density at radius 1 is 1.04 bits per heavy atom. The normalized spacial score (nSPS) is 10.9.